The van der Waals surface area contributed by atoms with E-state index in [1.54, 1.807) is 10.9 Å². The minimum atomic E-state index is -0.323. The topological polar surface area (TPSA) is 89.6 Å². The molecule has 21 heavy (non-hydrogen) atoms. The van der Waals surface area contributed by atoms with Crippen LogP contribution in [0.25, 0.3) is 16.9 Å². The van der Waals surface area contributed by atoms with Gasteiger partial charge < -0.3 is 5.73 Å². The Hall–Kier alpha value is -2.63. The fourth-order valence-corrected chi connectivity index (χ4v) is 2.32. The van der Waals surface area contributed by atoms with Crippen molar-refractivity contribution in [2.45, 2.75) is 26.2 Å². The third-order valence-electron chi connectivity index (χ3n) is 3.46. The van der Waals surface area contributed by atoms with Gasteiger partial charge in [0.25, 0.3) is 5.56 Å². The summed E-state index contributed by atoms with van der Waals surface area (Å²) in [4.78, 5) is 22.5. The highest BCUT2D eigenvalue weighted by molar-refractivity contribution is 5.72. The van der Waals surface area contributed by atoms with Gasteiger partial charge in [0.2, 0.25) is 5.95 Å². The molecule has 3 rings (SSSR count). The third-order valence-corrected chi connectivity index (χ3v) is 3.46. The van der Waals surface area contributed by atoms with E-state index in [0.717, 1.165) is 12.1 Å². The highest BCUT2D eigenvalue weighted by Crippen LogP contribution is 2.16. The predicted octanol–water partition coefficient (Wildman–Crippen LogP) is 2.03. The van der Waals surface area contributed by atoms with Crippen LogP contribution in [-0.4, -0.2) is 19.5 Å². The molecule has 0 amide bonds. The van der Waals surface area contributed by atoms with Crippen molar-refractivity contribution < 1.29 is 0 Å². The van der Waals surface area contributed by atoms with Crippen molar-refractivity contribution in [3.8, 4) is 5.69 Å². The molecule has 0 radical (unpaired) electrons. The van der Waals surface area contributed by atoms with Crippen LogP contribution in [0.15, 0.2) is 35.4 Å². The van der Waals surface area contributed by atoms with Crippen LogP contribution in [-0.2, 0) is 6.42 Å². The van der Waals surface area contributed by atoms with Crippen molar-refractivity contribution in [1.82, 2.24) is 19.5 Å². The molecule has 2 aromatic heterocycles. The molecule has 3 aromatic rings. The number of aromatic nitrogens is 4. The number of rotatable bonds is 4. The molecule has 0 atom stereocenters. The number of fused-ring (bicyclic) bond motifs is 1. The molecule has 0 fully saturated rings. The Labute approximate surface area is 121 Å². The van der Waals surface area contributed by atoms with E-state index in [1.165, 1.54) is 18.4 Å². The molecule has 6 heteroatoms. The van der Waals surface area contributed by atoms with Crippen molar-refractivity contribution in [2.24, 2.45) is 0 Å². The number of aryl methyl sites for hydroxylation is 1. The first-order chi connectivity index (χ1) is 10.2. The van der Waals surface area contributed by atoms with Gasteiger partial charge in [-0.3, -0.25) is 14.3 Å². The molecular formula is C15H17N5O. The van der Waals surface area contributed by atoms with Gasteiger partial charge in [-0.15, -0.1) is 0 Å². The van der Waals surface area contributed by atoms with Crippen molar-refractivity contribution >= 4 is 17.1 Å². The maximum absolute atomic E-state index is 11.8. The zero-order chi connectivity index (χ0) is 14.8. The number of imidazole rings is 1. The quantitative estimate of drug-likeness (QED) is 0.766. The summed E-state index contributed by atoms with van der Waals surface area (Å²) >= 11 is 0. The molecule has 0 bridgehead atoms. The number of benzene rings is 1. The molecule has 108 valence electrons. The van der Waals surface area contributed by atoms with E-state index in [-0.39, 0.29) is 11.5 Å². The van der Waals surface area contributed by atoms with Crippen molar-refractivity contribution in [2.75, 3.05) is 5.73 Å². The van der Waals surface area contributed by atoms with Crippen LogP contribution < -0.4 is 11.3 Å². The molecule has 6 nitrogen and oxygen atoms in total. The summed E-state index contributed by atoms with van der Waals surface area (Å²) in [6.45, 7) is 2.18. The van der Waals surface area contributed by atoms with Crippen LogP contribution in [0.2, 0.25) is 0 Å². The third kappa shape index (κ3) is 2.52. The van der Waals surface area contributed by atoms with Gasteiger partial charge >= 0.3 is 0 Å². The molecule has 0 saturated heterocycles. The largest absolute Gasteiger partial charge is 0.369 e. The van der Waals surface area contributed by atoms with E-state index in [0.29, 0.717) is 11.2 Å². The van der Waals surface area contributed by atoms with Crippen LogP contribution in [0.5, 0.6) is 0 Å². The molecule has 0 aliphatic rings. The summed E-state index contributed by atoms with van der Waals surface area (Å²) in [5.41, 5.74) is 8.25. The molecule has 2 heterocycles. The molecule has 3 N–H and O–H groups in total. The molecule has 0 unspecified atom stereocenters. The Balaban J connectivity index is 2.02. The Kier molecular flexibility index (Phi) is 3.43. The average molecular weight is 283 g/mol. The molecular weight excluding hydrogens is 266 g/mol. The minimum absolute atomic E-state index is 0.0915. The predicted molar refractivity (Wildman–Crippen MR) is 82.5 cm³/mol. The minimum Gasteiger partial charge on any atom is -0.369 e. The van der Waals surface area contributed by atoms with Crippen LogP contribution in [0.3, 0.4) is 0 Å². The highest BCUT2D eigenvalue weighted by Gasteiger charge is 2.10. The molecule has 0 aliphatic carbocycles. The summed E-state index contributed by atoms with van der Waals surface area (Å²) < 4.78 is 1.77. The second kappa shape index (κ2) is 5.40. The number of hydrogen-bond donors (Lipinski definition) is 2. The Morgan fingerprint density at radius 1 is 1.29 bits per heavy atom. The lowest BCUT2D eigenvalue weighted by molar-refractivity contribution is 0.795. The van der Waals surface area contributed by atoms with Gasteiger partial charge in [0, 0.05) is 5.69 Å². The van der Waals surface area contributed by atoms with Crippen molar-refractivity contribution in [3.05, 3.63) is 46.5 Å². The zero-order valence-corrected chi connectivity index (χ0v) is 11.8. The van der Waals surface area contributed by atoms with Gasteiger partial charge in [0.1, 0.15) is 6.33 Å². The number of unbranched alkanes of at least 4 members (excludes halogenated alkanes) is 1. The van der Waals surface area contributed by atoms with Gasteiger partial charge in [0.05, 0.1) is 0 Å². The lowest BCUT2D eigenvalue weighted by Crippen LogP contribution is -2.12. The maximum atomic E-state index is 11.8. The monoisotopic (exact) mass is 283 g/mol. The fraction of sp³-hybridized carbons (Fsp3) is 0.267. The number of H-pyrrole nitrogens is 1. The van der Waals surface area contributed by atoms with Gasteiger partial charge in [-0.05, 0) is 30.5 Å². The second-order valence-electron chi connectivity index (χ2n) is 5.01. The Morgan fingerprint density at radius 3 is 2.76 bits per heavy atom. The number of nitrogens with two attached hydrogens (primary N) is 1. The molecule has 1 aromatic carbocycles. The number of nitrogens with zero attached hydrogens (tertiary/aromatic N) is 3. The SMILES string of the molecule is CCCCc1ccc(-n2cnc3c(=O)[nH]c(N)nc32)cc1. The van der Waals surface area contributed by atoms with Gasteiger partial charge in [-0.25, -0.2) is 4.98 Å². The summed E-state index contributed by atoms with van der Waals surface area (Å²) in [7, 11) is 0. The number of nitrogens with one attached hydrogen (secondary N) is 1. The van der Waals surface area contributed by atoms with Crippen LogP contribution >= 0.6 is 0 Å². The van der Waals surface area contributed by atoms with Gasteiger partial charge in [-0.2, -0.15) is 4.98 Å². The summed E-state index contributed by atoms with van der Waals surface area (Å²) in [5.74, 6) is 0.0915. The molecule has 0 saturated carbocycles. The molecule has 0 spiro atoms. The van der Waals surface area contributed by atoms with Crippen LogP contribution in [0, 0.1) is 0 Å². The first kappa shape index (κ1) is 13.4. The summed E-state index contributed by atoms with van der Waals surface area (Å²) in [5, 5.41) is 0. The lowest BCUT2D eigenvalue weighted by Gasteiger charge is -2.05. The van der Waals surface area contributed by atoms with Crippen molar-refractivity contribution in [1.29, 1.82) is 0 Å². The van der Waals surface area contributed by atoms with E-state index in [1.807, 2.05) is 12.1 Å². The van der Waals surface area contributed by atoms with E-state index >= 15 is 0 Å². The first-order valence-electron chi connectivity index (χ1n) is 7.01. The average Bonchev–Trinajstić information content (AvgIpc) is 2.89. The number of nitrogen functional groups attached to an aromatic ring is 1. The number of anilines is 1. The Bertz CT molecular complexity index is 816. The zero-order valence-electron chi connectivity index (χ0n) is 11.8. The molecule has 0 aliphatic heterocycles. The van der Waals surface area contributed by atoms with Crippen LogP contribution in [0.4, 0.5) is 5.95 Å². The normalized spacial score (nSPS) is 11.1. The van der Waals surface area contributed by atoms with E-state index in [4.69, 9.17) is 5.73 Å². The second-order valence-corrected chi connectivity index (χ2v) is 5.01. The maximum Gasteiger partial charge on any atom is 0.280 e. The van der Waals surface area contributed by atoms with E-state index in [9.17, 15) is 4.79 Å². The number of hydrogen-bond acceptors (Lipinski definition) is 4. The lowest BCUT2D eigenvalue weighted by atomic mass is 10.1. The van der Waals surface area contributed by atoms with Gasteiger partial charge in [-0.1, -0.05) is 25.5 Å². The number of aromatic amines is 1. The first-order valence-corrected chi connectivity index (χ1v) is 7.01. The van der Waals surface area contributed by atoms with E-state index in [2.05, 4.69) is 34.0 Å². The Morgan fingerprint density at radius 2 is 2.05 bits per heavy atom. The summed E-state index contributed by atoms with van der Waals surface area (Å²) in [6, 6.07) is 8.19. The van der Waals surface area contributed by atoms with Gasteiger partial charge in [0.15, 0.2) is 11.2 Å². The summed E-state index contributed by atoms with van der Waals surface area (Å²) in [6.07, 6.45) is 5.03. The smallest absolute Gasteiger partial charge is 0.280 e. The fourth-order valence-electron chi connectivity index (χ4n) is 2.32. The van der Waals surface area contributed by atoms with E-state index < -0.39 is 0 Å². The van der Waals surface area contributed by atoms with Crippen molar-refractivity contribution in [3.63, 3.8) is 0 Å². The van der Waals surface area contributed by atoms with Crippen LogP contribution in [0.1, 0.15) is 25.3 Å². The standard InChI is InChI=1S/C15H17N5O/c1-2-3-4-10-5-7-11(8-6-10)20-9-17-12-13(20)18-15(16)19-14(12)21/h5-9H,2-4H2,1H3,(H3,16,18,19,21). The highest BCUT2D eigenvalue weighted by atomic mass is 16.1.